The third-order valence-electron chi connectivity index (χ3n) is 4.63. The molecule has 2 aromatic heterocycles. The molecule has 28 heavy (non-hydrogen) atoms. The SMILES string of the molecule is COc1ccc2c(Cc3cc(N)cc(C(=O)O)c3)c(-c3ccccc3)nn2c1. The molecule has 4 aromatic rings. The molecule has 0 atom stereocenters. The quantitative estimate of drug-likeness (QED) is 0.518. The number of nitrogens with two attached hydrogens (primary N) is 1. The molecule has 0 aliphatic rings. The molecule has 6 nitrogen and oxygen atoms in total. The molecule has 6 heteroatoms. The maximum Gasteiger partial charge on any atom is 0.335 e. The zero-order valence-corrected chi connectivity index (χ0v) is 15.3. The summed E-state index contributed by atoms with van der Waals surface area (Å²) in [4.78, 5) is 11.4. The van der Waals surface area contributed by atoms with Gasteiger partial charge >= 0.3 is 5.97 Å². The number of hydrogen-bond acceptors (Lipinski definition) is 4. The predicted octanol–water partition coefficient (Wildman–Crippen LogP) is 3.88. The number of nitrogen functional groups attached to an aromatic ring is 1. The number of anilines is 1. The number of hydrogen-bond donors (Lipinski definition) is 2. The third kappa shape index (κ3) is 3.27. The van der Waals surface area contributed by atoms with Gasteiger partial charge in [-0.1, -0.05) is 30.3 Å². The third-order valence-corrected chi connectivity index (χ3v) is 4.63. The van der Waals surface area contributed by atoms with Crippen LogP contribution < -0.4 is 10.5 Å². The molecule has 2 aromatic carbocycles. The van der Waals surface area contributed by atoms with Crippen LogP contribution in [0.25, 0.3) is 16.8 Å². The van der Waals surface area contributed by atoms with Gasteiger partial charge in [-0.25, -0.2) is 9.31 Å². The molecule has 4 rings (SSSR count). The van der Waals surface area contributed by atoms with E-state index in [2.05, 4.69) is 0 Å². The van der Waals surface area contributed by atoms with Gasteiger partial charge in [-0.15, -0.1) is 0 Å². The number of aromatic nitrogens is 2. The first-order valence-electron chi connectivity index (χ1n) is 8.78. The molecule has 3 N–H and O–H groups in total. The molecular weight excluding hydrogens is 354 g/mol. The van der Waals surface area contributed by atoms with Crippen molar-refractivity contribution in [1.82, 2.24) is 9.61 Å². The molecule has 140 valence electrons. The van der Waals surface area contributed by atoms with Crippen LogP contribution in [-0.2, 0) is 6.42 Å². The largest absolute Gasteiger partial charge is 0.495 e. The van der Waals surface area contributed by atoms with Crippen LogP contribution in [0.5, 0.6) is 5.75 Å². The molecule has 0 radical (unpaired) electrons. The van der Waals surface area contributed by atoms with Gasteiger partial charge in [0.05, 0.1) is 30.1 Å². The normalized spacial score (nSPS) is 10.9. The van der Waals surface area contributed by atoms with Crippen molar-refractivity contribution in [3.8, 4) is 17.0 Å². The zero-order chi connectivity index (χ0) is 19.7. The molecular formula is C22H19N3O3. The number of carboxylic acid groups (broad SMARTS) is 1. The van der Waals surface area contributed by atoms with Crippen molar-refractivity contribution in [2.45, 2.75) is 6.42 Å². The number of pyridine rings is 1. The summed E-state index contributed by atoms with van der Waals surface area (Å²) >= 11 is 0. The number of benzene rings is 2. The van der Waals surface area contributed by atoms with Crippen molar-refractivity contribution >= 4 is 17.2 Å². The summed E-state index contributed by atoms with van der Waals surface area (Å²) in [6.45, 7) is 0. The first kappa shape index (κ1) is 17.6. The highest BCUT2D eigenvalue weighted by Gasteiger charge is 2.16. The van der Waals surface area contributed by atoms with Crippen LogP contribution in [-0.4, -0.2) is 27.8 Å². The smallest absolute Gasteiger partial charge is 0.335 e. The highest BCUT2D eigenvalue weighted by molar-refractivity contribution is 5.89. The van der Waals surface area contributed by atoms with E-state index in [1.807, 2.05) is 48.7 Å². The summed E-state index contributed by atoms with van der Waals surface area (Å²) in [7, 11) is 1.61. The molecule has 0 amide bonds. The summed E-state index contributed by atoms with van der Waals surface area (Å²) in [5.74, 6) is -0.292. The predicted molar refractivity (Wildman–Crippen MR) is 108 cm³/mol. The molecule has 0 aliphatic heterocycles. The van der Waals surface area contributed by atoms with Crippen LogP contribution >= 0.6 is 0 Å². The minimum Gasteiger partial charge on any atom is -0.495 e. The number of carboxylic acids is 1. The summed E-state index contributed by atoms with van der Waals surface area (Å²) in [5.41, 5.74) is 11.1. The summed E-state index contributed by atoms with van der Waals surface area (Å²) in [6.07, 6.45) is 2.33. The van der Waals surface area contributed by atoms with Gasteiger partial charge in [0.25, 0.3) is 0 Å². The van der Waals surface area contributed by atoms with Crippen LogP contribution in [0.1, 0.15) is 21.5 Å². The molecule has 2 heterocycles. The fraction of sp³-hybridized carbons (Fsp3) is 0.0909. The fourth-order valence-corrected chi connectivity index (χ4v) is 3.35. The lowest BCUT2D eigenvalue weighted by Crippen LogP contribution is -2.01. The van der Waals surface area contributed by atoms with Gasteiger partial charge < -0.3 is 15.6 Å². The summed E-state index contributed by atoms with van der Waals surface area (Å²) in [6, 6.07) is 18.7. The standard InChI is InChI=1S/C22H19N3O3/c1-28-18-7-8-20-19(11-14-9-16(22(26)27)12-17(23)10-14)21(24-25(20)13-18)15-5-3-2-4-6-15/h2-10,12-13H,11,23H2,1H3,(H,26,27). The Morgan fingerprint density at radius 3 is 2.64 bits per heavy atom. The van der Waals surface area contributed by atoms with E-state index >= 15 is 0 Å². The lowest BCUT2D eigenvalue weighted by atomic mass is 9.98. The van der Waals surface area contributed by atoms with E-state index < -0.39 is 5.97 Å². The van der Waals surface area contributed by atoms with E-state index in [9.17, 15) is 9.90 Å². The van der Waals surface area contributed by atoms with Crippen molar-refractivity contribution in [3.05, 3.63) is 83.6 Å². The van der Waals surface area contributed by atoms with Crippen molar-refractivity contribution < 1.29 is 14.6 Å². The molecule has 0 saturated heterocycles. The average molecular weight is 373 g/mol. The van der Waals surface area contributed by atoms with Crippen molar-refractivity contribution in [1.29, 1.82) is 0 Å². The Kier molecular flexibility index (Phi) is 4.45. The Hall–Kier alpha value is -3.80. The van der Waals surface area contributed by atoms with Gasteiger partial charge in [0, 0.05) is 23.2 Å². The van der Waals surface area contributed by atoms with Gasteiger partial charge in [0.15, 0.2) is 0 Å². The molecule has 0 unspecified atom stereocenters. The second-order valence-corrected chi connectivity index (χ2v) is 6.54. The number of carbonyl (C=O) groups is 1. The van der Waals surface area contributed by atoms with Crippen LogP contribution in [0.4, 0.5) is 5.69 Å². The fourth-order valence-electron chi connectivity index (χ4n) is 3.35. The second kappa shape index (κ2) is 7.08. The zero-order valence-electron chi connectivity index (χ0n) is 15.3. The number of nitrogens with zero attached hydrogens (tertiary/aromatic N) is 2. The van der Waals surface area contributed by atoms with E-state index in [1.165, 1.54) is 6.07 Å². The number of rotatable bonds is 5. The van der Waals surface area contributed by atoms with Crippen molar-refractivity contribution in [2.75, 3.05) is 12.8 Å². The van der Waals surface area contributed by atoms with Crippen LogP contribution in [0.2, 0.25) is 0 Å². The molecule has 0 fully saturated rings. The molecule has 0 saturated carbocycles. The lowest BCUT2D eigenvalue weighted by Gasteiger charge is -2.07. The van der Waals surface area contributed by atoms with Crippen molar-refractivity contribution in [3.63, 3.8) is 0 Å². The Morgan fingerprint density at radius 2 is 1.93 bits per heavy atom. The van der Waals surface area contributed by atoms with Gasteiger partial charge in [-0.2, -0.15) is 5.10 Å². The van der Waals surface area contributed by atoms with E-state index in [0.29, 0.717) is 17.9 Å². The van der Waals surface area contributed by atoms with Gasteiger partial charge in [-0.3, -0.25) is 0 Å². The number of fused-ring (bicyclic) bond motifs is 1. The number of aromatic carboxylic acids is 1. The first-order valence-corrected chi connectivity index (χ1v) is 8.78. The maximum atomic E-state index is 11.4. The maximum absolute atomic E-state index is 11.4. The topological polar surface area (TPSA) is 89.8 Å². The molecule has 0 spiro atoms. The first-order chi connectivity index (χ1) is 13.5. The summed E-state index contributed by atoms with van der Waals surface area (Å²) < 4.78 is 7.10. The van der Waals surface area contributed by atoms with Gasteiger partial charge in [0.1, 0.15) is 5.75 Å². The lowest BCUT2D eigenvalue weighted by molar-refractivity contribution is 0.0697. The Labute approximate surface area is 161 Å². The van der Waals surface area contributed by atoms with Crippen LogP contribution in [0, 0.1) is 0 Å². The van der Waals surface area contributed by atoms with E-state index in [0.717, 1.165) is 27.9 Å². The monoisotopic (exact) mass is 373 g/mol. The summed E-state index contributed by atoms with van der Waals surface area (Å²) in [5, 5.41) is 14.1. The van der Waals surface area contributed by atoms with E-state index in [1.54, 1.807) is 23.8 Å². The Balaban J connectivity index is 1.89. The minimum atomic E-state index is -0.999. The Bertz CT molecular complexity index is 1170. The van der Waals surface area contributed by atoms with Crippen LogP contribution in [0.15, 0.2) is 66.9 Å². The second-order valence-electron chi connectivity index (χ2n) is 6.54. The minimum absolute atomic E-state index is 0.175. The number of methoxy groups -OCH3 is 1. The number of ether oxygens (including phenoxy) is 1. The highest BCUT2D eigenvalue weighted by atomic mass is 16.5. The van der Waals surface area contributed by atoms with Crippen molar-refractivity contribution in [2.24, 2.45) is 0 Å². The van der Waals surface area contributed by atoms with Gasteiger partial charge in [0.2, 0.25) is 0 Å². The van der Waals surface area contributed by atoms with Gasteiger partial charge in [-0.05, 0) is 35.9 Å². The molecule has 0 aliphatic carbocycles. The van der Waals surface area contributed by atoms with E-state index in [4.69, 9.17) is 15.6 Å². The van der Waals surface area contributed by atoms with E-state index in [-0.39, 0.29) is 5.56 Å². The van der Waals surface area contributed by atoms with Crippen LogP contribution in [0.3, 0.4) is 0 Å². The highest BCUT2D eigenvalue weighted by Crippen LogP contribution is 2.30. The Morgan fingerprint density at radius 1 is 1.14 bits per heavy atom. The average Bonchev–Trinajstić information content (AvgIpc) is 3.05. The molecule has 0 bridgehead atoms.